The maximum Gasteiger partial charge on any atom is 0.469 e. The van der Waals surface area contributed by atoms with Crippen molar-refractivity contribution in [3.05, 3.63) is 0 Å². The maximum atomic E-state index is 12.4. The second-order valence-corrected chi connectivity index (χ2v) is 12.7. The van der Waals surface area contributed by atoms with Crippen LogP contribution in [0.4, 0.5) is 0 Å². The summed E-state index contributed by atoms with van der Waals surface area (Å²) in [6.45, 7) is 4.05. The Morgan fingerprint density at radius 1 is 0.641 bits per heavy atom. The van der Waals surface area contributed by atoms with Crippen LogP contribution in [-0.2, 0) is 13.9 Å². The molecule has 0 aromatic carbocycles. The summed E-state index contributed by atoms with van der Waals surface area (Å²) in [6.07, 6.45) is 28.1. The third-order valence-electron chi connectivity index (χ3n) is 7.59. The molecule has 234 valence electrons. The van der Waals surface area contributed by atoms with Crippen LogP contribution in [0.3, 0.4) is 0 Å². The monoisotopic (exact) mass is 577 g/mol. The van der Waals surface area contributed by atoms with Gasteiger partial charge in [0.1, 0.15) is 0 Å². The zero-order chi connectivity index (χ0) is 29.0. The highest BCUT2D eigenvalue weighted by Crippen LogP contribution is 2.36. The number of hydrogen-bond donors (Lipinski definition) is 4. The van der Waals surface area contributed by atoms with Gasteiger partial charge < -0.3 is 20.2 Å². The Bertz CT molecular complexity index is 585. The number of unbranched alkanes of at least 4 members (excludes halogenated alkanes) is 21. The van der Waals surface area contributed by atoms with E-state index in [2.05, 4.69) is 23.7 Å². The van der Waals surface area contributed by atoms with Gasteiger partial charge in [0, 0.05) is 6.42 Å². The zero-order valence-electron chi connectivity index (χ0n) is 25.6. The lowest BCUT2D eigenvalue weighted by molar-refractivity contribution is -0.123. The molecule has 0 spiro atoms. The molecule has 1 amide bonds. The van der Waals surface area contributed by atoms with Crippen molar-refractivity contribution in [2.75, 3.05) is 6.61 Å². The predicted molar refractivity (Wildman–Crippen MR) is 163 cm³/mol. The molecule has 0 aromatic rings. The minimum Gasteiger partial charge on any atom is -0.391 e. The molecule has 8 heteroatoms. The van der Waals surface area contributed by atoms with E-state index in [0.717, 1.165) is 38.5 Å². The van der Waals surface area contributed by atoms with Crippen molar-refractivity contribution in [1.82, 2.24) is 5.32 Å². The van der Waals surface area contributed by atoms with Crippen LogP contribution in [-0.4, -0.2) is 39.6 Å². The van der Waals surface area contributed by atoms with Crippen molar-refractivity contribution in [1.29, 1.82) is 0 Å². The third-order valence-corrected chi connectivity index (χ3v) is 8.08. The summed E-state index contributed by atoms with van der Waals surface area (Å²) in [7, 11) is -4.67. The molecule has 0 unspecified atom stereocenters. The fourth-order valence-electron chi connectivity index (χ4n) is 5.05. The molecule has 0 aliphatic carbocycles. The van der Waals surface area contributed by atoms with Crippen LogP contribution in [0, 0.1) is 0 Å². The smallest absolute Gasteiger partial charge is 0.391 e. The fourth-order valence-corrected chi connectivity index (χ4v) is 5.41. The number of carbonyl (C=O) groups is 1. The van der Waals surface area contributed by atoms with E-state index in [0.29, 0.717) is 12.8 Å². The summed E-state index contributed by atoms with van der Waals surface area (Å²) in [6, 6.07) is -0.814. The number of nitrogens with one attached hydrogen (secondary N) is 1. The average Bonchev–Trinajstić information content (AvgIpc) is 2.89. The van der Waals surface area contributed by atoms with Gasteiger partial charge in [-0.15, -0.1) is 0 Å². The number of phosphoric acid groups is 1. The van der Waals surface area contributed by atoms with Crippen molar-refractivity contribution in [2.45, 2.75) is 187 Å². The summed E-state index contributed by atoms with van der Waals surface area (Å²) < 4.78 is 15.8. The van der Waals surface area contributed by atoms with Crippen LogP contribution in [0.15, 0.2) is 0 Å². The predicted octanol–water partition coefficient (Wildman–Crippen LogP) is 8.73. The van der Waals surface area contributed by atoms with Crippen LogP contribution in [0.5, 0.6) is 0 Å². The first-order chi connectivity index (χ1) is 18.8. The molecule has 0 radical (unpaired) electrons. The molecule has 0 aliphatic rings. The minimum atomic E-state index is -4.67. The molecule has 0 rings (SSSR count). The van der Waals surface area contributed by atoms with Gasteiger partial charge >= 0.3 is 7.82 Å². The molecule has 0 saturated heterocycles. The van der Waals surface area contributed by atoms with Crippen LogP contribution in [0.25, 0.3) is 0 Å². The molecule has 0 bridgehead atoms. The van der Waals surface area contributed by atoms with Crippen molar-refractivity contribution in [2.24, 2.45) is 0 Å². The lowest BCUT2D eigenvalue weighted by Gasteiger charge is -2.24. The summed E-state index contributed by atoms with van der Waals surface area (Å²) in [5.41, 5.74) is 0. The Balaban J connectivity index is 3.94. The van der Waals surface area contributed by atoms with Gasteiger partial charge in [0.25, 0.3) is 0 Å². The lowest BCUT2D eigenvalue weighted by Crippen LogP contribution is -2.46. The Morgan fingerprint density at radius 3 is 1.38 bits per heavy atom. The number of hydrogen-bond acceptors (Lipinski definition) is 4. The van der Waals surface area contributed by atoms with Gasteiger partial charge in [-0.05, 0) is 12.8 Å². The van der Waals surface area contributed by atoms with E-state index in [1.54, 1.807) is 0 Å². The third kappa shape index (κ3) is 28.9. The molecule has 0 saturated carbocycles. The van der Waals surface area contributed by atoms with Crippen LogP contribution in [0.1, 0.15) is 174 Å². The summed E-state index contributed by atoms with van der Waals surface area (Å²) >= 11 is 0. The Labute approximate surface area is 240 Å². The van der Waals surface area contributed by atoms with E-state index in [1.165, 1.54) is 109 Å². The number of rotatable bonds is 30. The molecule has 7 nitrogen and oxygen atoms in total. The Hall–Kier alpha value is -0.460. The normalized spacial score (nSPS) is 13.5. The van der Waals surface area contributed by atoms with Crippen molar-refractivity contribution >= 4 is 13.7 Å². The highest BCUT2D eigenvalue weighted by Gasteiger charge is 2.25. The van der Waals surface area contributed by atoms with E-state index in [9.17, 15) is 14.5 Å². The van der Waals surface area contributed by atoms with Gasteiger partial charge in [-0.1, -0.05) is 155 Å². The molecular formula is C31H64NO6P. The van der Waals surface area contributed by atoms with E-state index in [-0.39, 0.29) is 5.91 Å². The van der Waals surface area contributed by atoms with Crippen LogP contribution >= 0.6 is 7.82 Å². The van der Waals surface area contributed by atoms with E-state index >= 15 is 0 Å². The molecule has 0 aromatic heterocycles. The highest BCUT2D eigenvalue weighted by molar-refractivity contribution is 7.46. The van der Waals surface area contributed by atoms with Crippen molar-refractivity contribution in [3.63, 3.8) is 0 Å². The number of aliphatic hydroxyl groups excluding tert-OH is 1. The Morgan fingerprint density at radius 2 is 1.00 bits per heavy atom. The largest absolute Gasteiger partial charge is 0.469 e. The summed E-state index contributed by atoms with van der Waals surface area (Å²) in [4.78, 5) is 30.5. The first kappa shape index (κ1) is 38.5. The molecule has 4 N–H and O–H groups in total. The number of carbonyl (C=O) groups excluding carboxylic acids is 1. The van der Waals surface area contributed by atoms with Gasteiger partial charge in [-0.2, -0.15) is 0 Å². The first-order valence-electron chi connectivity index (χ1n) is 16.5. The molecule has 0 aliphatic heterocycles. The molecule has 0 heterocycles. The quantitative estimate of drug-likeness (QED) is 0.0501. The minimum absolute atomic E-state index is 0.200. The van der Waals surface area contributed by atoms with Gasteiger partial charge in [-0.3, -0.25) is 9.32 Å². The lowest BCUT2D eigenvalue weighted by atomic mass is 10.0. The first-order valence-corrected chi connectivity index (χ1v) is 18.0. The van der Waals surface area contributed by atoms with Gasteiger partial charge in [0.05, 0.1) is 18.8 Å². The van der Waals surface area contributed by atoms with E-state index in [4.69, 9.17) is 9.79 Å². The van der Waals surface area contributed by atoms with Crippen molar-refractivity contribution < 1.29 is 28.8 Å². The molecule has 39 heavy (non-hydrogen) atoms. The number of phosphoric ester groups is 1. The fraction of sp³-hybridized carbons (Fsp3) is 0.968. The van der Waals surface area contributed by atoms with Crippen molar-refractivity contribution in [3.8, 4) is 0 Å². The van der Waals surface area contributed by atoms with Gasteiger partial charge in [0.2, 0.25) is 5.91 Å². The van der Waals surface area contributed by atoms with E-state index < -0.39 is 26.6 Å². The van der Waals surface area contributed by atoms with E-state index in [1.807, 2.05) is 0 Å². The number of aliphatic hydroxyl groups is 1. The van der Waals surface area contributed by atoms with Gasteiger partial charge in [0.15, 0.2) is 0 Å². The van der Waals surface area contributed by atoms with Gasteiger partial charge in [-0.25, -0.2) is 4.57 Å². The Kier molecular flexibility index (Phi) is 27.4. The second kappa shape index (κ2) is 27.7. The highest BCUT2D eigenvalue weighted by atomic mass is 31.2. The summed E-state index contributed by atoms with van der Waals surface area (Å²) in [5.74, 6) is -0.200. The standard InChI is InChI=1S/C31H64NO6P/c1-3-5-7-9-11-12-13-14-15-16-17-18-19-21-22-24-26-30(33)29(28-38-39(35,36)37)32-31(34)27-25-23-20-10-8-6-4-2/h29-30,33H,3-28H2,1-2H3,(H,32,34)(H2,35,36,37)/t29-,30+/m0/s1. The second-order valence-electron chi connectivity index (χ2n) is 11.5. The molecule has 0 fully saturated rings. The molecular weight excluding hydrogens is 513 g/mol. The average molecular weight is 578 g/mol. The molecule has 2 atom stereocenters. The SMILES string of the molecule is CCCCCCCCCCCCCCCCCC[C@@H](O)[C@H](COP(=O)(O)O)NC(=O)CCCCCCCCC. The van der Waals surface area contributed by atoms with Crippen LogP contribution < -0.4 is 5.32 Å². The zero-order valence-corrected chi connectivity index (χ0v) is 26.4. The van der Waals surface area contributed by atoms with Crippen LogP contribution in [0.2, 0.25) is 0 Å². The number of amides is 1. The maximum absolute atomic E-state index is 12.4. The topological polar surface area (TPSA) is 116 Å². The summed E-state index contributed by atoms with van der Waals surface area (Å²) in [5, 5.41) is 13.4.